The topological polar surface area (TPSA) is 26.0 Å². The molecular weight excluding hydrogens is 226 g/mol. The summed E-state index contributed by atoms with van der Waals surface area (Å²) in [6.07, 6.45) is 3.26. The van der Waals surface area contributed by atoms with Crippen molar-refractivity contribution in [1.29, 1.82) is 0 Å². The second-order valence-electron chi connectivity index (χ2n) is 3.49. The van der Waals surface area contributed by atoms with Crippen LogP contribution in [-0.4, -0.2) is 12.3 Å². The third-order valence-electron chi connectivity index (χ3n) is 2.13. The number of rotatable bonds is 6. The van der Waals surface area contributed by atoms with Gasteiger partial charge in [-0.3, -0.25) is 0 Å². The zero-order chi connectivity index (χ0) is 11.1. The average molecular weight is 244 g/mol. The van der Waals surface area contributed by atoms with Gasteiger partial charge in [0.05, 0.1) is 0 Å². The molecule has 1 aromatic rings. The molecule has 0 aliphatic heterocycles. The van der Waals surface area contributed by atoms with E-state index < -0.39 is 0 Å². The molecule has 0 aliphatic rings. The molecule has 1 nitrogen and oxygen atoms in total. The fourth-order valence-corrected chi connectivity index (χ4v) is 2.52. The molecular formula is C12H18ClNS. The highest BCUT2D eigenvalue weighted by atomic mass is 35.5. The van der Waals surface area contributed by atoms with Crippen LogP contribution in [0.15, 0.2) is 23.1 Å². The SMILES string of the molecule is CCCSc1ccc(Cl)cc1CCCN. The van der Waals surface area contributed by atoms with Crippen LogP contribution in [-0.2, 0) is 6.42 Å². The van der Waals surface area contributed by atoms with Gasteiger partial charge in [-0.1, -0.05) is 18.5 Å². The predicted molar refractivity (Wildman–Crippen MR) is 69.8 cm³/mol. The number of aryl methyl sites for hydroxylation is 1. The highest BCUT2D eigenvalue weighted by Gasteiger charge is 2.03. The van der Waals surface area contributed by atoms with Crippen LogP contribution in [0.3, 0.4) is 0 Å². The molecule has 15 heavy (non-hydrogen) atoms. The highest BCUT2D eigenvalue weighted by molar-refractivity contribution is 7.99. The van der Waals surface area contributed by atoms with E-state index in [-0.39, 0.29) is 0 Å². The summed E-state index contributed by atoms with van der Waals surface area (Å²) in [5, 5.41) is 0.822. The van der Waals surface area contributed by atoms with Crippen LogP contribution >= 0.6 is 23.4 Å². The van der Waals surface area contributed by atoms with E-state index in [2.05, 4.69) is 19.1 Å². The lowest BCUT2D eigenvalue weighted by molar-refractivity contribution is 0.820. The van der Waals surface area contributed by atoms with Gasteiger partial charge in [0.2, 0.25) is 0 Å². The minimum Gasteiger partial charge on any atom is -0.330 e. The molecule has 0 unspecified atom stereocenters. The van der Waals surface area contributed by atoms with Gasteiger partial charge in [0.1, 0.15) is 0 Å². The fraction of sp³-hybridized carbons (Fsp3) is 0.500. The van der Waals surface area contributed by atoms with E-state index >= 15 is 0 Å². The Kier molecular flexibility index (Phi) is 6.15. The Morgan fingerprint density at radius 2 is 2.20 bits per heavy atom. The molecule has 0 atom stereocenters. The lowest BCUT2D eigenvalue weighted by Crippen LogP contribution is -2.01. The molecule has 0 aromatic heterocycles. The monoisotopic (exact) mass is 243 g/mol. The number of benzene rings is 1. The van der Waals surface area contributed by atoms with Crippen LogP contribution in [0.1, 0.15) is 25.3 Å². The maximum Gasteiger partial charge on any atom is 0.0409 e. The van der Waals surface area contributed by atoms with Gasteiger partial charge in [-0.05, 0) is 55.3 Å². The Morgan fingerprint density at radius 1 is 1.40 bits per heavy atom. The van der Waals surface area contributed by atoms with Crippen LogP contribution in [0.5, 0.6) is 0 Å². The maximum atomic E-state index is 5.99. The van der Waals surface area contributed by atoms with E-state index in [0.717, 1.165) is 30.2 Å². The Hall–Kier alpha value is -0.180. The molecule has 0 heterocycles. The van der Waals surface area contributed by atoms with Crippen molar-refractivity contribution in [2.45, 2.75) is 31.1 Å². The average Bonchev–Trinajstić information content (AvgIpc) is 2.25. The molecule has 1 aromatic carbocycles. The molecule has 0 fully saturated rings. The molecule has 0 saturated heterocycles. The molecule has 1 rings (SSSR count). The van der Waals surface area contributed by atoms with Crippen LogP contribution < -0.4 is 5.73 Å². The van der Waals surface area contributed by atoms with E-state index in [4.69, 9.17) is 17.3 Å². The summed E-state index contributed by atoms with van der Waals surface area (Å²) in [5.41, 5.74) is 6.86. The van der Waals surface area contributed by atoms with Gasteiger partial charge in [-0.25, -0.2) is 0 Å². The summed E-state index contributed by atoms with van der Waals surface area (Å²) >= 11 is 7.90. The molecule has 3 heteroatoms. The van der Waals surface area contributed by atoms with Crippen molar-refractivity contribution >= 4 is 23.4 Å². The summed E-state index contributed by atoms with van der Waals surface area (Å²) in [5.74, 6) is 1.16. The Bertz CT molecular complexity index is 302. The summed E-state index contributed by atoms with van der Waals surface area (Å²) in [7, 11) is 0. The van der Waals surface area contributed by atoms with Crippen molar-refractivity contribution in [3.8, 4) is 0 Å². The normalized spacial score (nSPS) is 10.6. The number of hydrogen-bond donors (Lipinski definition) is 1. The Balaban J connectivity index is 2.73. The Morgan fingerprint density at radius 3 is 2.87 bits per heavy atom. The zero-order valence-electron chi connectivity index (χ0n) is 9.13. The maximum absolute atomic E-state index is 5.99. The van der Waals surface area contributed by atoms with Gasteiger partial charge in [0, 0.05) is 9.92 Å². The Labute approximate surface area is 101 Å². The summed E-state index contributed by atoms with van der Waals surface area (Å²) < 4.78 is 0. The lowest BCUT2D eigenvalue weighted by atomic mass is 10.1. The van der Waals surface area contributed by atoms with Crippen molar-refractivity contribution in [3.05, 3.63) is 28.8 Å². The van der Waals surface area contributed by atoms with Crippen LogP contribution in [0.25, 0.3) is 0 Å². The molecule has 0 aliphatic carbocycles. The van der Waals surface area contributed by atoms with Crippen molar-refractivity contribution in [3.63, 3.8) is 0 Å². The molecule has 0 radical (unpaired) electrons. The highest BCUT2D eigenvalue weighted by Crippen LogP contribution is 2.27. The van der Waals surface area contributed by atoms with E-state index in [1.54, 1.807) is 0 Å². The molecule has 2 N–H and O–H groups in total. The molecule has 0 spiro atoms. The summed E-state index contributed by atoms with van der Waals surface area (Å²) in [6.45, 7) is 2.94. The standard InChI is InChI=1S/C12H18ClNS/c1-2-8-15-12-6-5-11(13)9-10(12)4-3-7-14/h5-6,9H,2-4,7-8,14H2,1H3. The largest absolute Gasteiger partial charge is 0.330 e. The van der Waals surface area contributed by atoms with Crippen molar-refractivity contribution in [2.75, 3.05) is 12.3 Å². The van der Waals surface area contributed by atoms with Gasteiger partial charge >= 0.3 is 0 Å². The lowest BCUT2D eigenvalue weighted by Gasteiger charge is -2.08. The van der Waals surface area contributed by atoms with E-state index in [1.165, 1.54) is 16.9 Å². The first kappa shape index (κ1) is 12.9. The smallest absolute Gasteiger partial charge is 0.0409 e. The van der Waals surface area contributed by atoms with Crippen LogP contribution in [0.4, 0.5) is 0 Å². The van der Waals surface area contributed by atoms with Crippen LogP contribution in [0.2, 0.25) is 5.02 Å². The second-order valence-corrected chi connectivity index (χ2v) is 5.07. The number of nitrogens with two attached hydrogens (primary N) is 1. The van der Waals surface area contributed by atoms with E-state index in [0.29, 0.717) is 0 Å². The number of hydrogen-bond acceptors (Lipinski definition) is 2. The second kappa shape index (κ2) is 7.15. The van der Waals surface area contributed by atoms with E-state index in [1.807, 2.05) is 17.8 Å². The minimum atomic E-state index is 0.740. The predicted octanol–water partition coefficient (Wildman–Crippen LogP) is 3.73. The third-order valence-corrected chi connectivity index (χ3v) is 3.69. The van der Waals surface area contributed by atoms with Crippen molar-refractivity contribution < 1.29 is 0 Å². The van der Waals surface area contributed by atoms with Gasteiger partial charge in [0.15, 0.2) is 0 Å². The first-order valence-electron chi connectivity index (χ1n) is 5.39. The van der Waals surface area contributed by atoms with Gasteiger partial charge in [-0.2, -0.15) is 0 Å². The van der Waals surface area contributed by atoms with Gasteiger partial charge in [0.25, 0.3) is 0 Å². The molecule has 0 saturated carbocycles. The first-order valence-corrected chi connectivity index (χ1v) is 6.75. The van der Waals surface area contributed by atoms with Crippen molar-refractivity contribution in [1.82, 2.24) is 0 Å². The number of halogens is 1. The quantitative estimate of drug-likeness (QED) is 0.771. The fourth-order valence-electron chi connectivity index (χ4n) is 1.39. The van der Waals surface area contributed by atoms with Crippen molar-refractivity contribution in [2.24, 2.45) is 5.73 Å². The minimum absolute atomic E-state index is 0.740. The molecule has 84 valence electrons. The zero-order valence-corrected chi connectivity index (χ0v) is 10.7. The summed E-state index contributed by atoms with van der Waals surface area (Å²) in [4.78, 5) is 1.36. The molecule has 0 bridgehead atoms. The number of thioether (sulfide) groups is 1. The summed E-state index contributed by atoms with van der Waals surface area (Å²) in [6, 6.07) is 6.15. The third kappa shape index (κ3) is 4.45. The first-order chi connectivity index (χ1) is 7.27. The van der Waals surface area contributed by atoms with Gasteiger partial charge in [-0.15, -0.1) is 11.8 Å². The van der Waals surface area contributed by atoms with E-state index in [9.17, 15) is 0 Å². The molecule has 0 amide bonds. The van der Waals surface area contributed by atoms with Gasteiger partial charge < -0.3 is 5.73 Å². The van der Waals surface area contributed by atoms with Crippen LogP contribution in [0, 0.1) is 0 Å².